The van der Waals surface area contributed by atoms with Gasteiger partial charge in [0, 0.05) is 12.0 Å². The Labute approximate surface area is 116 Å². The predicted octanol–water partition coefficient (Wildman–Crippen LogP) is 3.11. The fourth-order valence-electron chi connectivity index (χ4n) is 2.54. The van der Waals surface area contributed by atoms with Gasteiger partial charge in [-0.15, -0.1) is 11.3 Å². The van der Waals surface area contributed by atoms with Crippen LogP contribution in [0.2, 0.25) is 0 Å². The number of hydrogen-bond acceptors (Lipinski definition) is 4. The summed E-state index contributed by atoms with van der Waals surface area (Å²) >= 11 is 1.64. The van der Waals surface area contributed by atoms with Gasteiger partial charge in [-0.25, -0.2) is 4.98 Å². The van der Waals surface area contributed by atoms with Gasteiger partial charge in [-0.1, -0.05) is 18.2 Å². The highest BCUT2D eigenvalue weighted by atomic mass is 32.1. The largest absolute Gasteiger partial charge is 0.496 e. The van der Waals surface area contributed by atoms with Crippen LogP contribution in [0.4, 0.5) is 0 Å². The summed E-state index contributed by atoms with van der Waals surface area (Å²) < 4.78 is 5.37. The van der Waals surface area contributed by atoms with Gasteiger partial charge in [0.1, 0.15) is 5.75 Å². The van der Waals surface area contributed by atoms with E-state index in [-0.39, 0.29) is 6.10 Å². The van der Waals surface area contributed by atoms with Gasteiger partial charge in [0.25, 0.3) is 0 Å². The Bertz CT molecular complexity index is 579. The van der Waals surface area contributed by atoms with E-state index < -0.39 is 0 Å². The Morgan fingerprint density at radius 1 is 1.42 bits per heavy atom. The van der Waals surface area contributed by atoms with Crippen molar-refractivity contribution < 1.29 is 9.84 Å². The summed E-state index contributed by atoms with van der Waals surface area (Å²) in [6.07, 6.45) is 3.35. The molecule has 1 unspecified atom stereocenters. The molecule has 100 valence electrons. The van der Waals surface area contributed by atoms with Crippen LogP contribution in [-0.2, 0) is 12.8 Å². The van der Waals surface area contributed by atoms with Gasteiger partial charge >= 0.3 is 0 Å². The van der Waals surface area contributed by atoms with Crippen molar-refractivity contribution >= 4 is 11.3 Å². The monoisotopic (exact) mass is 275 g/mol. The molecule has 0 saturated carbocycles. The number of para-hydroxylation sites is 1. The highest BCUT2D eigenvalue weighted by molar-refractivity contribution is 7.11. The van der Waals surface area contributed by atoms with Crippen molar-refractivity contribution in [3.63, 3.8) is 0 Å². The lowest BCUT2D eigenvalue weighted by atomic mass is 10.0. The standard InChI is InChI=1S/C15H17NO2S/c1-18-13-8-3-2-5-10(13)9-14-16-11-6-4-7-12(17)15(11)19-14/h2-3,5,8,12,17H,4,6-7,9H2,1H3. The SMILES string of the molecule is COc1ccccc1Cc1nc2c(s1)C(O)CCC2. The van der Waals surface area contributed by atoms with E-state index >= 15 is 0 Å². The molecule has 0 radical (unpaired) electrons. The van der Waals surface area contributed by atoms with Crippen molar-refractivity contribution in [2.75, 3.05) is 7.11 Å². The van der Waals surface area contributed by atoms with Crippen molar-refractivity contribution in [3.8, 4) is 5.75 Å². The van der Waals surface area contributed by atoms with Crippen molar-refractivity contribution in [2.24, 2.45) is 0 Å². The number of nitrogens with zero attached hydrogens (tertiary/aromatic N) is 1. The van der Waals surface area contributed by atoms with E-state index in [0.717, 1.165) is 52.6 Å². The van der Waals surface area contributed by atoms with E-state index in [1.54, 1.807) is 18.4 Å². The minimum atomic E-state index is -0.312. The summed E-state index contributed by atoms with van der Waals surface area (Å²) in [5.74, 6) is 0.899. The summed E-state index contributed by atoms with van der Waals surface area (Å²) in [4.78, 5) is 5.74. The lowest BCUT2D eigenvalue weighted by Crippen LogP contribution is -2.06. The summed E-state index contributed by atoms with van der Waals surface area (Å²) in [6.45, 7) is 0. The predicted molar refractivity (Wildman–Crippen MR) is 75.8 cm³/mol. The smallest absolute Gasteiger partial charge is 0.122 e. The third-order valence-electron chi connectivity index (χ3n) is 3.50. The highest BCUT2D eigenvalue weighted by Gasteiger charge is 2.22. The minimum absolute atomic E-state index is 0.312. The van der Waals surface area contributed by atoms with Gasteiger partial charge in [0.2, 0.25) is 0 Å². The molecule has 3 rings (SSSR count). The van der Waals surface area contributed by atoms with Gasteiger partial charge < -0.3 is 9.84 Å². The van der Waals surface area contributed by atoms with Crippen molar-refractivity contribution in [1.29, 1.82) is 0 Å². The Balaban J connectivity index is 1.88. The average molecular weight is 275 g/mol. The van der Waals surface area contributed by atoms with E-state index in [0.29, 0.717) is 0 Å². The molecule has 1 atom stereocenters. The number of aromatic nitrogens is 1. The molecule has 19 heavy (non-hydrogen) atoms. The van der Waals surface area contributed by atoms with Crippen molar-refractivity contribution in [2.45, 2.75) is 31.8 Å². The maximum atomic E-state index is 9.99. The zero-order chi connectivity index (χ0) is 13.2. The van der Waals surface area contributed by atoms with E-state index in [9.17, 15) is 5.11 Å². The van der Waals surface area contributed by atoms with E-state index in [4.69, 9.17) is 4.74 Å². The third-order valence-corrected chi connectivity index (χ3v) is 4.70. The number of aryl methyl sites for hydroxylation is 1. The number of ether oxygens (including phenoxy) is 1. The fraction of sp³-hybridized carbons (Fsp3) is 0.400. The molecule has 3 nitrogen and oxygen atoms in total. The molecule has 0 saturated heterocycles. The van der Waals surface area contributed by atoms with Crippen LogP contribution in [0.25, 0.3) is 0 Å². The lowest BCUT2D eigenvalue weighted by molar-refractivity contribution is 0.160. The number of thiazole rings is 1. The van der Waals surface area contributed by atoms with Gasteiger partial charge in [0.15, 0.2) is 0 Å². The van der Waals surface area contributed by atoms with Gasteiger partial charge in [-0.3, -0.25) is 0 Å². The molecule has 2 aromatic rings. The Morgan fingerprint density at radius 3 is 3.05 bits per heavy atom. The number of benzene rings is 1. The van der Waals surface area contributed by atoms with Crippen LogP contribution in [0.3, 0.4) is 0 Å². The van der Waals surface area contributed by atoms with Crippen LogP contribution >= 0.6 is 11.3 Å². The maximum Gasteiger partial charge on any atom is 0.122 e. The molecule has 0 spiro atoms. The summed E-state index contributed by atoms with van der Waals surface area (Å²) in [5, 5.41) is 11.1. The topological polar surface area (TPSA) is 42.4 Å². The van der Waals surface area contributed by atoms with Gasteiger partial charge in [-0.05, 0) is 25.3 Å². The number of methoxy groups -OCH3 is 1. The quantitative estimate of drug-likeness (QED) is 0.936. The first-order chi connectivity index (χ1) is 9.28. The van der Waals surface area contributed by atoms with Crippen molar-refractivity contribution in [1.82, 2.24) is 4.98 Å². The first-order valence-corrected chi connectivity index (χ1v) is 7.38. The van der Waals surface area contributed by atoms with Crippen LogP contribution in [0, 0.1) is 0 Å². The number of rotatable bonds is 3. The number of aliphatic hydroxyl groups is 1. The Morgan fingerprint density at radius 2 is 2.26 bits per heavy atom. The molecular weight excluding hydrogens is 258 g/mol. The second-order valence-corrected chi connectivity index (χ2v) is 5.93. The van der Waals surface area contributed by atoms with E-state index in [1.807, 2.05) is 18.2 Å². The molecule has 1 heterocycles. The zero-order valence-corrected chi connectivity index (χ0v) is 11.7. The van der Waals surface area contributed by atoms with E-state index in [2.05, 4.69) is 11.1 Å². The molecule has 1 aromatic heterocycles. The van der Waals surface area contributed by atoms with Gasteiger partial charge in [-0.2, -0.15) is 0 Å². The summed E-state index contributed by atoms with van der Waals surface area (Å²) in [6, 6.07) is 8.02. The van der Waals surface area contributed by atoms with Crippen LogP contribution in [0.1, 0.15) is 40.1 Å². The molecule has 1 N–H and O–H groups in total. The van der Waals surface area contributed by atoms with Crippen LogP contribution in [0.5, 0.6) is 5.75 Å². The third kappa shape index (κ3) is 2.51. The number of hydrogen-bond donors (Lipinski definition) is 1. The average Bonchev–Trinajstić information content (AvgIpc) is 2.83. The summed E-state index contributed by atoms with van der Waals surface area (Å²) in [7, 11) is 1.69. The van der Waals surface area contributed by atoms with Crippen LogP contribution in [0.15, 0.2) is 24.3 Å². The summed E-state index contributed by atoms with van der Waals surface area (Å²) in [5.41, 5.74) is 2.24. The zero-order valence-electron chi connectivity index (χ0n) is 10.9. The first kappa shape index (κ1) is 12.6. The lowest BCUT2D eigenvalue weighted by Gasteiger charge is -2.14. The molecule has 0 fully saturated rings. The molecule has 1 aliphatic carbocycles. The normalized spacial score (nSPS) is 18.1. The Kier molecular flexibility index (Phi) is 3.53. The minimum Gasteiger partial charge on any atom is -0.496 e. The first-order valence-electron chi connectivity index (χ1n) is 6.56. The molecule has 1 aliphatic rings. The molecule has 0 amide bonds. The Hall–Kier alpha value is -1.39. The molecule has 1 aromatic carbocycles. The number of fused-ring (bicyclic) bond motifs is 1. The molecule has 0 bridgehead atoms. The number of aliphatic hydroxyl groups excluding tert-OH is 1. The molecular formula is C15H17NO2S. The molecule has 4 heteroatoms. The highest BCUT2D eigenvalue weighted by Crippen LogP contribution is 2.35. The molecule has 0 aliphatic heterocycles. The fourth-order valence-corrected chi connectivity index (χ4v) is 3.69. The second kappa shape index (κ2) is 5.31. The maximum absolute atomic E-state index is 9.99. The van der Waals surface area contributed by atoms with Gasteiger partial charge in [0.05, 0.1) is 28.8 Å². The van der Waals surface area contributed by atoms with E-state index in [1.165, 1.54) is 0 Å². The van der Waals surface area contributed by atoms with Crippen LogP contribution in [-0.4, -0.2) is 17.2 Å². The van der Waals surface area contributed by atoms with Crippen molar-refractivity contribution in [3.05, 3.63) is 45.4 Å². The second-order valence-electron chi connectivity index (χ2n) is 4.82. The van der Waals surface area contributed by atoms with Crippen LogP contribution < -0.4 is 4.74 Å².